The van der Waals surface area contributed by atoms with E-state index in [1.807, 2.05) is 34.6 Å². The monoisotopic (exact) mass is 371 g/mol. The van der Waals surface area contributed by atoms with E-state index in [2.05, 4.69) is 5.32 Å². The molecule has 0 aromatic carbocycles. The van der Waals surface area contributed by atoms with Gasteiger partial charge in [0, 0.05) is 45.6 Å². The van der Waals surface area contributed by atoms with Gasteiger partial charge >= 0.3 is 6.09 Å². The van der Waals surface area contributed by atoms with Crippen molar-refractivity contribution in [2.24, 2.45) is 0 Å². The van der Waals surface area contributed by atoms with Crippen LogP contribution in [0.2, 0.25) is 0 Å². The predicted octanol–water partition coefficient (Wildman–Crippen LogP) is 1.39. The molecule has 0 saturated carbocycles. The van der Waals surface area contributed by atoms with E-state index in [4.69, 9.17) is 9.47 Å². The highest BCUT2D eigenvalue weighted by Gasteiger charge is 2.27. The van der Waals surface area contributed by atoms with E-state index in [0.29, 0.717) is 39.3 Å². The minimum atomic E-state index is -0.530. The number of nitrogens with one attached hydrogen (secondary N) is 1. The molecule has 8 heteroatoms. The van der Waals surface area contributed by atoms with Gasteiger partial charge < -0.3 is 24.6 Å². The molecule has 0 atom stereocenters. The molecular formula is C18H33N3O5. The maximum Gasteiger partial charge on any atom is 0.410 e. The van der Waals surface area contributed by atoms with Crippen molar-refractivity contribution >= 4 is 17.9 Å². The Labute approximate surface area is 156 Å². The molecule has 0 aliphatic carbocycles. The number of hydrogen-bond donors (Lipinski definition) is 1. The molecule has 1 heterocycles. The van der Waals surface area contributed by atoms with Crippen molar-refractivity contribution in [3.63, 3.8) is 0 Å². The lowest BCUT2D eigenvalue weighted by atomic mass is 10.2. The predicted molar refractivity (Wildman–Crippen MR) is 97.7 cm³/mol. The van der Waals surface area contributed by atoms with E-state index in [1.54, 1.807) is 9.80 Å². The molecular weight excluding hydrogens is 338 g/mol. The fourth-order valence-corrected chi connectivity index (χ4v) is 2.42. The average molecular weight is 371 g/mol. The summed E-state index contributed by atoms with van der Waals surface area (Å²) in [5.41, 5.74) is -0.530. The van der Waals surface area contributed by atoms with Crippen molar-refractivity contribution < 1.29 is 23.9 Å². The van der Waals surface area contributed by atoms with Gasteiger partial charge in [-0.25, -0.2) is 4.79 Å². The molecule has 1 aliphatic heterocycles. The second-order valence-corrected chi connectivity index (χ2v) is 7.62. The van der Waals surface area contributed by atoms with Crippen LogP contribution in [-0.2, 0) is 19.1 Å². The van der Waals surface area contributed by atoms with E-state index < -0.39 is 5.60 Å². The largest absolute Gasteiger partial charge is 0.444 e. The molecule has 1 fully saturated rings. The molecule has 1 rings (SSSR count). The zero-order valence-corrected chi connectivity index (χ0v) is 16.7. The second kappa shape index (κ2) is 10.4. The highest BCUT2D eigenvalue weighted by atomic mass is 16.6. The molecule has 8 nitrogen and oxygen atoms in total. The first-order valence-corrected chi connectivity index (χ1v) is 9.22. The first-order valence-electron chi connectivity index (χ1n) is 9.22. The maximum absolute atomic E-state index is 12.2. The van der Waals surface area contributed by atoms with Gasteiger partial charge in [-0.2, -0.15) is 0 Å². The number of ether oxygens (including phenoxy) is 2. The summed E-state index contributed by atoms with van der Waals surface area (Å²) >= 11 is 0. The fourth-order valence-electron chi connectivity index (χ4n) is 2.42. The van der Waals surface area contributed by atoms with Crippen LogP contribution in [0.25, 0.3) is 0 Å². The van der Waals surface area contributed by atoms with Crippen LogP contribution in [0.4, 0.5) is 4.79 Å². The van der Waals surface area contributed by atoms with Crippen LogP contribution in [0, 0.1) is 0 Å². The van der Waals surface area contributed by atoms with Crippen LogP contribution >= 0.6 is 0 Å². The number of carbonyl (C=O) groups is 3. The van der Waals surface area contributed by atoms with Crippen LogP contribution in [-0.4, -0.2) is 78.7 Å². The Bertz CT molecular complexity index is 480. The summed E-state index contributed by atoms with van der Waals surface area (Å²) in [7, 11) is 0. The van der Waals surface area contributed by atoms with Gasteiger partial charge in [-0.15, -0.1) is 0 Å². The first kappa shape index (κ1) is 22.2. The number of piperazine rings is 1. The lowest BCUT2D eigenvalue weighted by molar-refractivity contribution is -0.135. The van der Waals surface area contributed by atoms with Gasteiger partial charge in [0.25, 0.3) is 0 Å². The van der Waals surface area contributed by atoms with Crippen molar-refractivity contribution in [3.05, 3.63) is 0 Å². The third-order valence-corrected chi connectivity index (χ3v) is 3.73. The Balaban J connectivity index is 2.23. The zero-order valence-electron chi connectivity index (χ0n) is 16.7. The number of carbonyl (C=O) groups excluding carboxylic acids is 3. The number of hydrogen-bond acceptors (Lipinski definition) is 5. The quantitative estimate of drug-likeness (QED) is 0.683. The lowest BCUT2D eigenvalue weighted by Gasteiger charge is -2.35. The molecule has 1 N–H and O–H groups in total. The summed E-state index contributed by atoms with van der Waals surface area (Å²) in [6.07, 6.45) is 0.108. The smallest absolute Gasteiger partial charge is 0.410 e. The summed E-state index contributed by atoms with van der Waals surface area (Å²) < 4.78 is 10.7. The highest BCUT2D eigenvalue weighted by molar-refractivity contribution is 5.84. The number of rotatable bonds is 7. The summed E-state index contributed by atoms with van der Waals surface area (Å²) in [6, 6.07) is 0. The minimum absolute atomic E-state index is 0.0672. The Hall–Kier alpha value is -1.83. The van der Waals surface area contributed by atoms with Crippen molar-refractivity contribution in [2.45, 2.75) is 59.2 Å². The summed E-state index contributed by atoms with van der Waals surface area (Å²) in [5, 5.41) is 2.74. The van der Waals surface area contributed by atoms with E-state index in [0.717, 1.165) is 0 Å². The fraction of sp³-hybridized carbons (Fsp3) is 0.833. The molecule has 150 valence electrons. The van der Waals surface area contributed by atoms with Gasteiger partial charge in [-0.1, -0.05) is 0 Å². The SMILES string of the molecule is CC(C)OCCNC(=O)CCC(=O)N1CCN(C(=O)OC(C)(C)C)CC1. The van der Waals surface area contributed by atoms with E-state index in [9.17, 15) is 14.4 Å². The van der Waals surface area contributed by atoms with Gasteiger partial charge in [0.2, 0.25) is 11.8 Å². The van der Waals surface area contributed by atoms with Crippen LogP contribution in [0.15, 0.2) is 0 Å². The van der Waals surface area contributed by atoms with Crippen molar-refractivity contribution in [1.29, 1.82) is 0 Å². The minimum Gasteiger partial charge on any atom is -0.444 e. The van der Waals surface area contributed by atoms with Crippen molar-refractivity contribution in [1.82, 2.24) is 15.1 Å². The van der Waals surface area contributed by atoms with Gasteiger partial charge in [0.1, 0.15) is 5.60 Å². The second-order valence-electron chi connectivity index (χ2n) is 7.62. The van der Waals surface area contributed by atoms with Gasteiger partial charge in [-0.3, -0.25) is 9.59 Å². The van der Waals surface area contributed by atoms with Gasteiger partial charge in [-0.05, 0) is 34.6 Å². The summed E-state index contributed by atoms with van der Waals surface area (Å²) in [6.45, 7) is 12.1. The van der Waals surface area contributed by atoms with E-state index >= 15 is 0 Å². The van der Waals surface area contributed by atoms with Gasteiger partial charge in [0.05, 0.1) is 12.7 Å². The molecule has 0 unspecified atom stereocenters. The molecule has 0 radical (unpaired) electrons. The first-order chi connectivity index (χ1) is 12.1. The van der Waals surface area contributed by atoms with Crippen LogP contribution in [0.5, 0.6) is 0 Å². The normalized spacial score (nSPS) is 15.2. The standard InChI is InChI=1S/C18H33N3O5/c1-14(2)25-13-8-19-15(22)6-7-16(23)20-9-11-21(12-10-20)17(24)26-18(3,4)5/h14H,6-13H2,1-5H3,(H,19,22). The molecule has 1 saturated heterocycles. The van der Waals surface area contributed by atoms with Crippen LogP contribution in [0.3, 0.4) is 0 Å². The van der Waals surface area contributed by atoms with Crippen LogP contribution < -0.4 is 5.32 Å². The van der Waals surface area contributed by atoms with E-state index in [1.165, 1.54) is 0 Å². The molecule has 26 heavy (non-hydrogen) atoms. The summed E-state index contributed by atoms with van der Waals surface area (Å²) in [4.78, 5) is 39.3. The van der Waals surface area contributed by atoms with Crippen LogP contribution in [0.1, 0.15) is 47.5 Å². The third-order valence-electron chi connectivity index (χ3n) is 3.73. The molecule has 1 aliphatic rings. The molecule has 3 amide bonds. The van der Waals surface area contributed by atoms with E-state index in [-0.39, 0.29) is 36.9 Å². The summed E-state index contributed by atoms with van der Waals surface area (Å²) in [5.74, 6) is -0.222. The molecule has 0 spiro atoms. The lowest BCUT2D eigenvalue weighted by Crippen LogP contribution is -2.51. The Morgan fingerprint density at radius 3 is 2.12 bits per heavy atom. The molecule has 0 bridgehead atoms. The number of amides is 3. The van der Waals surface area contributed by atoms with Crippen molar-refractivity contribution in [3.8, 4) is 0 Å². The zero-order chi connectivity index (χ0) is 19.7. The average Bonchev–Trinajstić information content (AvgIpc) is 2.55. The number of nitrogens with zero attached hydrogens (tertiary/aromatic N) is 2. The Kier molecular flexibility index (Phi) is 8.84. The maximum atomic E-state index is 12.2. The Morgan fingerprint density at radius 1 is 1.00 bits per heavy atom. The topological polar surface area (TPSA) is 88.2 Å². The highest BCUT2D eigenvalue weighted by Crippen LogP contribution is 2.12. The molecule has 0 aromatic rings. The Morgan fingerprint density at radius 2 is 1.58 bits per heavy atom. The van der Waals surface area contributed by atoms with Crippen molar-refractivity contribution in [2.75, 3.05) is 39.3 Å². The van der Waals surface area contributed by atoms with Gasteiger partial charge in [0.15, 0.2) is 0 Å². The third kappa shape index (κ3) is 9.03. The molecule has 0 aromatic heterocycles.